The van der Waals surface area contributed by atoms with E-state index in [1.807, 2.05) is 0 Å². The molecule has 1 fully saturated rings. The third-order valence-electron chi connectivity index (χ3n) is 4.17. The second-order valence-corrected chi connectivity index (χ2v) is 6.33. The zero-order valence-corrected chi connectivity index (χ0v) is 12.4. The summed E-state index contributed by atoms with van der Waals surface area (Å²) < 4.78 is 0. The van der Waals surface area contributed by atoms with Crippen LogP contribution in [0.5, 0.6) is 0 Å². The minimum atomic E-state index is 0.543. The zero-order chi connectivity index (χ0) is 12.7. The summed E-state index contributed by atoms with van der Waals surface area (Å²) in [6.45, 7) is 14.4. The van der Waals surface area contributed by atoms with Gasteiger partial charge in [0.15, 0.2) is 0 Å². The highest BCUT2D eigenvalue weighted by atomic mass is 15.2. The molecular formula is C15H32N2. The summed E-state index contributed by atoms with van der Waals surface area (Å²) in [6, 6.07) is 0.693. The lowest BCUT2D eigenvalue weighted by Crippen LogP contribution is -2.45. The Labute approximate surface area is 108 Å². The fraction of sp³-hybridized carbons (Fsp3) is 1.00. The summed E-state index contributed by atoms with van der Waals surface area (Å²) in [6.07, 6.45) is 6.74. The summed E-state index contributed by atoms with van der Waals surface area (Å²) in [5.41, 5.74) is 0.543. The van der Waals surface area contributed by atoms with E-state index in [2.05, 4.69) is 37.9 Å². The maximum Gasteiger partial charge on any atom is 0.00390 e. The first-order valence-electron chi connectivity index (χ1n) is 7.52. The lowest BCUT2D eigenvalue weighted by atomic mass is 9.80. The Balaban J connectivity index is 2.41. The number of piperidine rings is 1. The van der Waals surface area contributed by atoms with E-state index in [0.717, 1.165) is 0 Å². The van der Waals surface area contributed by atoms with Gasteiger partial charge in [0.2, 0.25) is 0 Å². The monoisotopic (exact) mass is 240 g/mol. The molecule has 0 saturated carbocycles. The van der Waals surface area contributed by atoms with Crippen molar-refractivity contribution in [2.45, 2.75) is 65.8 Å². The molecule has 1 saturated heterocycles. The van der Waals surface area contributed by atoms with Crippen molar-refractivity contribution in [1.82, 2.24) is 10.2 Å². The molecule has 2 heteroatoms. The molecule has 0 aromatic heterocycles. The second-order valence-electron chi connectivity index (χ2n) is 6.33. The smallest absolute Gasteiger partial charge is 0.00390 e. The molecule has 1 N–H and O–H groups in total. The molecule has 0 aromatic carbocycles. The Morgan fingerprint density at radius 3 is 2.35 bits per heavy atom. The minimum absolute atomic E-state index is 0.543. The van der Waals surface area contributed by atoms with Gasteiger partial charge < -0.3 is 10.2 Å². The molecule has 0 aromatic rings. The van der Waals surface area contributed by atoms with Crippen molar-refractivity contribution in [2.75, 3.05) is 26.2 Å². The summed E-state index contributed by atoms with van der Waals surface area (Å²) in [5, 5.41) is 3.48. The third-order valence-corrected chi connectivity index (χ3v) is 4.17. The normalized spacial score (nSPS) is 20.1. The minimum Gasteiger partial charge on any atom is -0.317 e. The van der Waals surface area contributed by atoms with Crippen LogP contribution in [0.3, 0.4) is 0 Å². The molecule has 1 rings (SSSR count). The molecular weight excluding hydrogens is 208 g/mol. The van der Waals surface area contributed by atoms with E-state index in [0.29, 0.717) is 11.5 Å². The van der Waals surface area contributed by atoms with Crippen LogP contribution in [0.25, 0.3) is 0 Å². The number of nitrogens with one attached hydrogen (secondary N) is 1. The zero-order valence-electron chi connectivity index (χ0n) is 12.4. The van der Waals surface area contributed by atoms with Crippen molar-refractivity contribution >= 4 is 0 Å². The Morgan fingerprint density at radius 2 is 1.82 bits per heavy atom. The van der Waals surface area contributed by atoms with Crippen LogP contribution in [0.2, 0.25) is 0 Å². The van der Waals surface area contributed by atoms with E-state index >= 15 is 0 Å². The summed E-state index contributed by atoms with van der Waals surface area (Å²) in [7, 11) is 0. The Hall–Kier alpha value is -0.0800. The first-order valence-corrected chi connectivity index (χ1v) is 7.52. The summed E-state index contributed by atoms with van der Waals surface area (Å²) in [5.74, 6) is 0. The summed E-state index contributed by atoms with van der Waals surface area (Å²) >= 11 is 0. The van der Waals surface area contributed by atoms with Crippen molar-refractivity contribution in [3.63, 3.8) is 0 Å². The first-order chi connectivity index (χ1) is 8.07. The lowest BCUT2D eigenvalue weighted by Gasteiger charge is -2.40. The highest BCUT2D eigenvalue weighted by Gasteiger charge is 2.29. The molecule has 0 radical (unpaired) electrons. The average molecular weight is 240 g/mol. The molecule has 1 aliphatic heterocycles. The fourth-order valence-corrected chi connectivity index (χ4v) is 2.76. The predicted octanol–water partition coefficient (Wildman–Crippen LogP) is 3.28. The molecule has 0 unspecified atom stereocenters. The van der Waals surface area contributed by atoms with Gasteiger partial charge in [-0.2, -0.15) is 0 Å². The van der Waals surface area contributed by atoms with Crippen LogP contribution in [-0.2, 0) is 0 Å². The molecule has 17 heavy (non-hydrogen) atoms. The van der Waals surface area contributed by atoms with Gasteiger partial charge in [-0.25, -0.2) is 0 Å². The van der Waals surface area contributed by atoms with Gasteiger partial charge in [0.05, 0.1) is 0 Å². The van der Waals surface area contributed by atoms with Crippen LogP contribution >= 0.6 is 0 Å². The van der Waals surface area contributed by atoms with Gasteiger partial charge in [0, 0.05) is 12.6 Å². The Morgan fingerprint density at radius 1 is 1.18 bits per heavy atom. The van der Waals surface area contributed by atoms with E-state index in [9.17, 15) is 0 Å². The van der Waals surface area contributed by atoms with Gasteiger partial charge in [0.25, 0.3) is 0 Å². The van der Waals surface area contributed by atoms with E-state index in [1.165, 1.54) is 58.3 Å². The standard InChI is InChI=1S/C15H32N2/c1-5-6-7-12-17(14(2)3)13-15(4)8-10-16-11-9-15/h14,16H,5-13H2,1-4H3. The van der Waals surface area contributed by atoms with E-state index in [1.54, 1.807) is 0 Å². The van der Waals surface area contributed by atoms with Crippen LogP contribution in [0.15, 0.2) is 0 Å². The van der Waals surface area contributed by atoms with Crippen LogP contribution in [0, 0.1) is 5.41 Å². The van der Waals surface area contributed by atoms with Gasteiger partial charge >= 0.3 is 0 Å². The fourth-order valence-electron chi connectivity index (χ4n) is 2.76. The molecule has 102 valence electrons. The van der Waals surface area contributed by atoms with Crippen molar-refractivity contribution in [3.8, 4) is 0 Å². The van der Waals surface area contributed by atoms with Gasteiger partial charge in [-0.3, -0.25) is 0 Å². The molecule has 2 nitrogen and oxygen atoms in total. The van der Waals surface area contributed by atoms with E-state index in [-0.39, 0.29) is 0 Å². The quantitative estimate of drug-likeness (QED) is 0.687. The van der Waals surface area contributed by atoms with Crippen molar-refractivity contribution in [2.24, 2.45) is 5.41 Å². The van der Waals surface area contributed by atoms with Crippen molar-refractivity contribution < 1.29 is 0 Å². The third kappa shape index (κ3) is 5.39. The maximum absolute atomic E-state index is 3.48. The highest BCUT2D eigenvalue weighted by molar-refractivity contribution is 4.84. The molecule has 0 bridgehead atoms. The largest absolute Gasteiger partial charge is 0.317 e. The van der Waals surface area contributed by atoms with Crippen molar-refractivity contribution in [1.29, 1.82) is 0 Å². The van der Waals surface area contributed by atoms with Crippen LogP contribution in [0.1, 0.15) is 59.8 Å². The van der Waals surface area contributed by atoms with Gasteiger partial charge in [-0.15, -0.1) is 0 Å². The Bertz CT molecular complexity index is 195. The van der Waals surface area contributed by atoms with E-state index in [4.69, 9.17) is 0 Å². The topological polar surface area (TPSA) is 15.3 Å². The SMILES string of the molecule is CCCCCN(CC1(C)CCNCC1)C(C)C. The maximum atomic E-state index is 3.48. The van der Waals surface area contributed by atoms with Crippen LogP contribution in [-0.4, -0.2) is 37.1 Å². The molecule has 0 spiro atoms. The molecule has 0 atom stereocenters. The van der Waals surface area contributed by atoms with E-state index < -0.39 is 0 Å². The Kier molecular flexibility index (Phi) is 6.50. The number of rotatable bonds is 7. The number of hydrogen-bond donors (Lipinski definition) is 1. The second kappa shape index (κ2) is 7.38. The van der Waals surface area contributed by atoms with Crippen LogP contribution < -0.4 is 5.32 Å². The number of nitrogens with zero attached hydrogens (tertiary/aromatic N) is 1. The predicted molar refractivity (Wildman–Crippen MR) is 76.4 cm³/mol. The lowest BCUT2D eigenvalue weighted by molar-refractivity contribution is 0.103. The number of unbranched alkanes of at least 4 members (excludes halogenated alkanes) is 2. The highest BCUT2D eigenvalue weighted by Crippen LogP contribution is 2.29. The van der Waals surface area contributed by atoms with Gasteiger partial charge in [-0.05, 0) is 58.2 Å². The molecule has 1 heterocycles. The molecule has 0 aliphatic carbocycles. The van der Waals surface area contributed by atoms with Crippen LogP contribution in [0.4, 0.5) is 0 Å². The molecule has 1 aliphatic rings. The van der Waals surface area contributed by atoms with Crippen molar-refractivity contribution in [3.05, 3.63) is 0 Å². The molecule has 0 amide bonds. The summed E-state index contributed by atoms with van der Waals surface area (Å²) in [4.78, 5) is 2.70. The first kappa shape index (κ1) is 15.0. The number of hydrogen-bond acceptors (Lipinski definition) is 2. The van der Waals surface area contributed by atoms with Gasteiger partial charge in [0.1, 0.15) is 0 Å². The average Bonchev–Trinajstić information content (AvgIpc) is 2.28. The van der Waals surface area contributed by atoms with Gasteiger partial charge in [-0.1, -0.05) is 26.7 Å².